The third-order valence-electron chi connectivity index (χ3n) is 2.63. The summed E-state index contributed by atoms with van der Waals surface area (Å²) in [5.74, 6) is 0. The van der Waals surface area contributed by atoms with E-state index in [9.17, 15) is 0 Å². The van der Waals surface area contributed by atoms with E-state index in [-0.39, 0.29) is 17.0 Å². The van der Waals surface area contributed by atoms with Crippen LogP contribution in [0.3, 0.4) is 0 Å². The van der Waals surface area contributed by atoms with Crippen molar-refractivity contribution in [3.8, 4) is 0 Å². The Labute approximate surface area is 109 Å². The van der Waals surface area contributed by atoms with Gasteiger partial charge in [0.15, 0.2) is 0 Å². The van der Waals surface area contributed by atoms with Crippen LogP contribution in [0.5, 0.6) is 0 Å². The maximum atomic E-state index is 2.53. The number of likely N-dealkylation sites (tertiary alicyclic amines) is 1. The molecule has 3 heteroatoms. The molecule has 2 rings (SSSR count). The third kappa shape index (κ3) is 3.53. The number of halogens is 1. The van der Waals surface area contributed by atoms with E-state index in [1.54, 1.807) is 0 Å². The van der Waals surface area contributed by atoms with E-state index >= 15 is 0 Å². The van der Waals surface area contributed by atoms with Gasteiger partial charge in [-0.2, -0.15) is 0 Å². The fourth-order valence-corrected chi connectivity index (χ4v) is 2.08. The Balaban J connectivity index is 0.000000980. The maximum absolute atomic E-state index is 2.53. The average molecular weight is 264 g/mol. The first-order chi connectivity index (χ1) is 6.34. The van der Waals surface area contributed by atoms with Crippen molar-refractivity contribution in [3.63, 3.8) is 0 Å². The average Bonchev–Trinajstić information content (AvgIpc) is 2.62. The Kier molecular flexibility index (Phi) is 5.45. The third-order valence-corrected chi connectivity index (χ3v) is 3.10. The summed E-state index contributed by atoms with van der Waals surface area (Å²) in [7, 11) is 0. The summed E-state index contributed by atoms with van der Waals surface area (Å²) in [5.41, 5.74) is 1.46. The van der Waals surface area contributed by atoms with Crippen molar-refractivity contribution < 1.29 is 17.0 Å². The number of benzene rings is 1. The van der Waals surface area contributed by atoms with Crippen molar-refractivity contribution in [2.24, 2.45) is 0 Å². The van der Waals surface area contributed by atoms with Crippen LogP contribution in [-0.2, 0) is 6.54 Å². The molecule has 0 spiro atoms. The van der Waals surface area contributed by atoms with Crippen molar-refractivity contribution in [1.29, 1.82) is 0 Å². The minimum absolute atomic E-state index is 0. The molecule has 0 N–H and O–H groups in total. The predicted molar refractivity (Wildman–Crippen MR) is 56.3 cm³/mol. The Bertz CT molecular complexity index is 267. The molecule has 72 valence electrons. The van der Waals surface area contributed by atoms with Crippen molar-refractivity contribution in [1.82, 2.24) is 4.90 Å². The summed E-state index contributed by atoms with van der Waals surface area (Å²) < 4.78 is 1.38. The zero-order chi connectivity index (χ0) is 9.10. The van der Waals surface area contributed by atoms with Crippen LogP contribution >= 0.6 is 0 Å². The monoisotopic (exact) mass is 263 g/mol. The molecule has 14 heavy (non-hydrogen) atoms. The summed E-state index contributed by atoms with van der Waals surface area (Å²) >= 11 is 1.95. The van der Waals surface area contributed by atoms with Gasteiger partial charge in [-0.25, -0.2) is 0 Å². The van der Waals surface area contributed by atoms with Crippen LogP contribution in [0.15, 0.2) is 24.3 Å². The Hall–Kier alpha value is 0.426. The molecular weight excluding hydrogens is 250 g/mol. The fourth-order valence-electron chi connectivity index (χ4n) is 1.84. The normalized spacial score (nSPS) is 16.7. The second kappa shape index (κ2) is 6.11. The Morgan fingerprint density at radius 2 is 1.64 bits per heavy atom. The first-order valence-corrected chi connectivity index (χ1v) is 5.68. The number of hydrogen-bond donors (Lipinski definition) is 0. The van der Waals surface area contributed by atoms with Gasteiger partial charge >= 0.3 is 92.6 Å². The van der Waals surface area contributed by atoms with Crippen molar-refractivity contribution in [2.75, 3.05) is 13.1 Å². The first-order valence-electron chi connectivity index (χ1n) is 4.98. The molecule has 1 aromatic carbocycles. The van der Waals surface area contributed by atoms with E-state index in [0.717, 1.165) is 6.54 Å². The summed E-state index contributed by atoms with van der Waals surface area (Å²) in [5, 5.41) is 0. The van der Waals surface area contributed by atoms with Crippen LogP contribution in [0.1, 0.15) is 18.4 Å². The van der Waals surface area contributed by atoms with Crippen molar-refractivity contribution >= 4 is 25.4 Å². The molecule has 0 amide bonds. The van der Waals surface area contributed by atoms with Gasteiger partial charge in [0.25, 0.3) is 0 Å². The molecule has 1 aliphatic rings. The van der Waals surface area contributed by atoms with Gasteiger partial charge in [-0.05, 0) is 0 Å². The number of nitrogens with zero attached hydrogens (tertiary/aromatic N) is 1. The van der Waals surface area contributed by atoms with E-state index in [0.29, 0.717) is 0 Å². The number of rotatable bonds is 2. The topological polar surface area (TPSA) is 3.24 Å². The first kappa shape index (κ1) is 12.5. The fraction of sp³-hybridized carbons (Fsp3) is 0.455. The summed E-state index contributed by atoms with van der Waals surface area (Å²) in [6, 6.07) is 8.93. The molecule has 0 atom stereocenters. The molecule has 1 nitrogen and oxygen atoms in total. The van der Waals surface area contributed by atoms with Gasteiger partial charge in [0.1, 0.15) is 0 Å². The molecule has 0 saturated carbocycles. The molecular formula is C11H14BrMgN. The Morgan fingerprint density at radius 1 is 1.07 bits per heavy atom. The molecule has 0 bridgehead atoms. The van der Waals surface area contributed by atoms with Crippen LogP contribution < -0.4 is 20.7 Å². The summed E-state index contributed by atoms with van der Waals surface area (Å²) in [6.45, 7) is 3.72. The minimum atomic E-state index is 0. The van der Waals surface area contributed by atoms with Gasteiger partial charge in [-0.1, -0.05) is 0 Å². The summed E-state index contributed by atoms with van der Waals surface area (Å²) in [4.78, 5) is 2.53. The van der Waals surface area contributed by atoms with Gasteiger partial charge in [-0.15, -0.1) is 0 Å². The van der Waals surface area contributed by atoms with E-state index in [1.165, 1.54) is 35.2 Å². The molecule has 1 fully saturated rings. The van der Waals surface area contributed by atoms with E-state index in [4.69, 9.17) is 0 Å². The Morgan fingerprint density at radius 3 is 2.21 bits per heavy atom. The predicted octanol–water partition coefficient (Wildman–Crippen LogP) is -1.92. The molecule has 1 saturated heterocycles. The standard InChI is InChI=1S/C11H14N.BrH.Mg/c1-2-6-11(7-3-1)10-12-8-4-5-9-12;;/h2-3,6-7H,4-5,8-10H2;1H;/q;;+1/p-1. The van der Waals surface area contributed by atoms with Gasteiger partial charge in [0.05, 0.1) is 0 Å². The van der Waals surface area contributed by atoms with Crippen LogP contribution in [0.4, 0.5) is 0 Å². The molecule has 1 aromatic rings. The number of hydrogen-bond acceptors (Lipinski definition) is 1. The molecule has 0 unspecified atom stereocenters. The molecule has 1 aliphatic heterocycles. The SMILES string of the molecule is [Br-].[Mg+][c]1ccc(CN2CCCC2)cc1. The second-order valence-corrected chi connectivity index (χ2v) is 4.62. The zero-order valence-electron chi connectivity index (χ0n) is 8.38. The van der Waals surface area contributed by atoms with Crippen LogP contribution in [0.25, 0.3) is 0 Å². The van der Waals surface area contributed by atoms with Gasteiger partial charge in [0.2, 0.25) is 0 Å². The molecule has 0 aliphatic carbocycles. The summed E-state index contributed by atoms with van der Waals surface area (Å²) in [6.07, 6.45) is 2.76. The van der Waals surface area contributed by atoms with Gasteiger partial charge in [0, 0.05) is 0 Å². The van der Waals surface area contributed by atoms with Crippen LogP contribution in [0, 0.1) is 0 Å². The van der Waals surface area contributed by atoms with Crippen molar-refractivity contribution in [2.45, 2.75) is 19.4 Å². The van der Waals surface area contributed by atoms with Gasteiger partial charge < -0.3 is 17.0 Å². The van der Waals surface area contributed by atoms with E-state index in [1.807, 2.05) is 21.7 Å². The molecule has 1 heterocycles. The van der Waals surface area contributed by atoms with Crippen LogP contribution in [0.2, 0.25) is 0 Å². The zero-order valence-corrected chi connectivity index (χ0v) is 11.4. The quantitative estimate of drug-likeness (QED) is 0.563. The van der Waals surface area contributed by atoms with E-state index in [2.05, 4.69) is 29.2 Å². The van der Waals surface area contributed by atoms with Crippen molar-refractivity contribution in [3.05, 3.63) is 29.8 Å². The second-order valence-electron chi connectivity index (χ2n) is 3.80. The van der Waals surface area contributed by atoms with E-state index < -0.39 is 0 Å². The van der Waals surface area contributed by atoms with Crippen LogP contribution in [-0.4, -0.2) is 39.7 Å². The molecule has 0 aromatic heterocycles. The molecule has 0 radical (unpaired) electrons. The van der Waals surface area contributed by atoms with Gasteiger partial charge in [-0.3, -0.25) is 0 Å².